The molecular weight excluding hydrogens is 316 g/mol. The smallest absolute Gasteiger partial charge is 0.235 e. The summed E-state index contributed by atoms with van der Waals surface area (Å²) in [6.07, 6.45) is 0.609. The number of carbonyl (C=O) groups excluding carboxylic acids is 1. The summed E-state index contributed by atoms with van der Waals surface area (Å²) in [5, 5.41) is 11.4. The first-order valence-corrected chi connectivity index (χ1v) is 8.06. The number of aromatic nitrogens is 2. The van der Waals surface area contributed by atoms with Crippen LogP contribution in [0.1, 0.15) is 24.3 Å². The van der Waals surface area contributed by atoms with E-state index in [0.717, 1.165) is 16.9 Å². The fourth-order valence-corrected chi connectivity index (χ4v) is 2.46. The van der Waals surface area contributed by atoms with Gasteiger partial charge in [0, 0.05) is 14.0 Å². The lowest BCUT2D eigenvalue weighted by Crippen LogP contribution is -2.23. The predicted molar refractivity (Wildman–Crippen MR) is 96.4 cm³/mol. The van der Waals surface area contributed by atoms with Gasteiger partial charge >= 0.3 is 0 Å². The van der Waals surface area contributed by atoms with Gasteiger partial charge < -0.3 is 14.6 Å². The van der Waals surface area contributed by atoms with Crippen LogP contribution in [0.15, 0.2) is 59.0 Å². The normalized spacial score (nSPS) is 10.5. The van der Waals surface area contributed by atoms with E-state index in [1.54, 1.807) is 11.9 Å². The second kappa shape index (κ2) is 7.61. The van der Waals surface area contributed by atoms with Crippen LogP contribution < -0.4 is 10.2 Å². The molecule has 0 atom stereocenters. The summed E-state index contributed by atoms with van der Waals surface area (Å²) in [7, 11) is 1.74. The molecule has 1 N–H and O–H groups in total. The Morgan fingerprint density at radius 2 is 1.72 bits per heavy atom. The molecule has 0 saturated carbocycles. The Balaban J connectivity index is 1.66. The van der Waals surface area contributed by atoms with Crippen LogP contribution in [0.3, 0.4) is 0 Å². The number of anilines is 2. The monoisotopic (exact) mass is 336 g/mol. The molecule has 0 aliphatic rings. The van der Waals surface area contributed by atoms with Gasteiger partial charge in [-0.15, -0.1) is 10.2 Å². The highest BCUT2D eigenvalue weighted by molar-refractivity contribution is 5.94. The molecule has 128 valence electrons. The number of amides is 1. The van der Waals surface area contributed by atoms with Gasteiger partial charge in [-0.25, -0.2) is 0 Å². The molecular formula is C19H20N4O2. The molecule has 6 nitrogen and oxygen atoms in total. The minimum atomic E-state index is -0.0304. The Bertz CT molecular complexity index is 845. The molecule has 0 spiro atoms. The van der Waals surface area contributed by atoms with Crippen molar-refractivity contribution < 1.29 is 9.21 Å². The van der Waals surface area contributed by atoms with E-state index in [2.05, 4.69) is 15.5 Å². The van der Waals surface area contributed by atoms with E-state index in [4.69, 9.17) is 4.42 Å². The van der Waals surface area contributed by atoms with Gasteiger partial charge in [-0.3, -0.25) is 4.79 Å². The van der Waals surface area contributed by atoms with Gasteiger partial charge in [-0.1, -0.05) is 42.5 Å². The van der Waals surface area contributed by atoms with E-state index in [-0.39, 0.29) is 5.91 Å². The van der Waals surface area contributed by atoms with Crippen molar-refractivity contribution in [3.63, 3.8) is 0 Å². The van der Waals surface area contributed by atoms with Crippen molar-refractivity contribution in [3.8, 4) is 0 Å². The maximum absolute atomic E-state index is 11.6. The van der Waals surface area contributed by atoms with Crippen LogP contribution in [0.25, 0.3) is 0 Å². The molecule has 1 aromatic heterocycles. The van der Waals surface area contributed by atoms with Gasteiger partial charge in [0.2, 0.25) is 17.7 Å². The van der Waals surface area contributed by atoms with Crippen molar-refractivity contribution in [2.75, 3.05) is 17.3 Å². The van der Waals surface area contributed by atoms with E-state index < -0.39 is 0 Å². The average molecular weight is 336 g/mol. The fourth-order valence-electron chi connectivity index (χ4n) is 2.46. The lowest BCUT2D eigenvalue weighted by molar-refractivity contribution is -0.116. The Morgan fingerprint density at radius 1 is 1.04 bits per heavy atom. The maximum atomic E-state index is 11.6. The molecule has 0 aliphatic heterocycles. The number of para-hydroxylation sites is 2. The SMILES string of the molecule is CC(=O)N(C)c1ccccc1NCc1nnc(Cc2ccccc2)o1. The van der Waals surface area contributed by atoms with Crippen LogP contribution in [0.4, 0.5) is 11.4 Å². The highest BCUT2D eigenvalue weighted by Crippen LogP contribution is 2.25. The summed E-state index contributed by atoms with van der Waals surface area (Å²) in [6.45, 7) is 1.93. The van der Waals surface area contributed by atoms with Crippen LogP contribution >= 0.6 is 0 Å². The van der Waals surface area contributed by atoms with Gasteiger partial charge in [0.25, 0.3) is 0 Å². The van der Waals surface area contributed by atoms with Crippen LogP contribution in [-0.4, -0.2) is 23.2 Å². The Labute approximate surface area is 146 Å². The summed E-state index contributed by atoms with van der Waals surface area (Å²) in [4.78, 5) is 13.2. The molecule has 1 amide bonds. The molecule has 3 aromatic rings. The molecule has 0 fully saturated rings. The minimum absolute atomic E-state index is 0.0304. The standard InChI is InChI=1S/C19H20N4O2/c1-14(24)23(2)17-11-7-6-10-16(17)20-13-19-22-21-18(25-19)12-15-8-4-3-5-9-15/h3-11,20H,12-13H2,1-2H3. The van der Waals surface area contributed by atoms with Crippen molar-refractivity contribution in [2.24, 2.45) is 0 Å². The third-order valence-corrected chi connectivity index (χ3v) is 3.87. The zero-order valence-electron chi connectivity index (χ0n) is 14.3. The number of hydrogen-bond acceptors (Lipinski definition) is 5. The molecule has 0 saturated heterocycles. The Hall–Kier alpha value is -3.15. The van der Waals surface area contributed by atoms with E-state index in [1.807, 2.05) is 54.6 Å². The lowest BCUT2D eigenvalue weighted by Gasteiger charge is -2.19. The van der Waals surface area contributed by atoms with Crippen LogP contribution in [0.5, 0.6) is 0 Å². The first-order valence-electron chi connectivity index (χ1n) is 8.06. The Morgan fingerprint density at radius 3 is 2.48 bits per heavy atom. The maximum Gasteiger partial charge on any atom is 0.235 e. The number of nitrogens with zero attached hydrogens (tertiary/aromatic N) is 3. The second-order valence-electron chi connectivity index (χ2n) is 5.70. The average Bonchev–Trinajstić information content (AvgIpc) is 3.07. The highest BCUT2D eigenvalue weighted by Gasteiger charge is 2.12. The van der Waals surface area contributed by atoms with E-state index in [1.165, 1.54) is 6.92 Å². The lowest BCUT2D eigenvalue weighted by atomic mass is 10.2. The molecule has 1 heterocycles. The quantitative estimate of drug-likeness (QED) is 0.748. The van der Waals surface area contributed by atoms with Crippen molar-refractivity contribution in [2.45, 2.75) is 19.9 Å². The number of carbonyl (C=O) groups is 1. The number of benzene rings is 2. The molecule has 0 bridgehead atoms. The number of nitrogens with one attached hydrogen (secondary N) is 1. The van der Waals surface area contributed by atoms with Crippen molar-refractivity contribution in [1.29, 1.82) is 0 Å². The van der Waals surface area contributed by atoms with Crippen molar-refractivity contribution in [3.05, 3.63) is 71.9 Å². The zero-order chi connectivity index (χ0) is 17.6. The first-order chi connectivity index (χ1) is 12.1. The van der Waals surface area contributed by atoms with Gasteiger partial charge in [-0.2, -0.15) is 0 Å². The topological polar surface area (TPSA) is 71.3 Å². The molecule has 25 heavy (non-hydrogen) atoms. The van der Waals surface area contributed by atoms with E-state index in [9.17, 15) is 4.79 Å². The fraction of sp³-hybridized carbons (Fsp3) is 0.211. The van der Waals surface area contributed by atoms with Crippen molar-refractivity contribution in [1.82, 2.24) is 10.2 Å². The second-order valence-corrected chi connectivity index (χ2v) is 5.70. The molecule has 0 radical (unpaired) electrons. The summed E-state index contributed by atoms with van der Waals surface area (Å²) in [5.41, 5.74) is 2.76. The van der Waals surface area contributed by atoms with Crippen LogP contribution in [-0.2, 0) is 17.8 Å². The molecule has 0 aliphatic carbocycles. The largest absolute Gasteiger partial charge is 0.423 e. The van der Waals surface area contributed by atoms with Gasteiger partial charge in [0.15, 0.2) is 0 Å². The predicted octanol–water partition coefficient (Wildman–Crippen LogP) is 3.26. The van der Waals surface area contributed by atoms with Crippen LogP contribution in [0.2, 0.25) is 0 Å². The zero-order valence-corrected chi connectivity index (χ0v) is 14.3. The van der Waals surface area contributed by atoms with Crippen LogP contribution in [0, 0.1) is 0 Å². The third kappa shape index (κ3) is 4.23. The van der Waals surface area contributed by atoms with Gasteiger partial charge in [-0.05, 0) is 17.7 Å². The van der Waals surface area contributed by atoms with E-state index >= 15 is 0 Å². The molecule has 3 rings (SSSR count). The number of hydrogen-bond donors (Lipinski definition) is 1. The molecule has 0 unspecified atom stereocenters. The van der Waals surface area contributed by atoms with Crippen molar-refractivity contribution >= 4 is 17.3 Å². The minimum Gasteiger partial charge on any atom is -0.423 e. The van der Waals surface area contributed by atoms with E-state index in [0.29, 0.717) is 24.7 Å². The van der Waals surface area contributed by atoms with Gasteiger partial charge in [0.05, 0.1) is 24.3 Å². The first kappa shape index (κ1) is 16.7. The third-order valence-electron chi connectivity index (χ3n) is 3.87. The Kier molecular flexibility index (Phi) is 5.09. The summed E-state index contributed by atoms with van der Waals surface area (Å²) < 4.78 is 5.69. The summed E-state index contributed by atoms with van der Waals surface area (Å²) in [5.74, 6) is 1.06. The highest BCUT2D eigenvalue weighted by atomic mass is 16.4. The summed E-state index contributed by atoms with van der Waals surface area (Å²) in [6, 6.07) is 17.6. The molecule has 6 heteroatoms. The van der Waals surface area contributed by atoms with Gasteiger partial charge in [0.1, 0.15) is 0 Å². The number of rotatable bonds is 6. The molecule has 2 aromatic carbocycles. The summed E-state index contributed by atoms with van der Waals surface area (Å²) >= 11 is 0.